The summed E-state index contributed by atoms with van der Waals surface area (Å²) in [5.41, 5.74) is 0. The molecule has 0 aliphatic rings. The van der Waals surface area contributed by atoms with Crippen LogP contribution in [-0.2, 0) is 33.3 Å². The smallest absolute Gasteiger partial charge is 0.306 e. The van der Waals surface area contributed by atoms with Gasteiger partial charge in [0.05, 0.1) is 40.3 Å². The molecule has 0 rings (SSSR count). The maximum atomic E-state index is 13.0. The lowest BCUT2D eigenvalue weighted by Crippen LogP contribution is -2.44. The van der Waals surface area contributed by atoms with Gasteiger partial charge in [0.15, 0.2) is 12.4 Å². The van der Waals surface area contributed by atoms with E-state index < -0.39 is 24.3 Å². The molecule has 0 saturated carbocycles. The molecule has 0 aliphatic carbocycles. The Kier molecular flexibility index (Phi) is 72.6. The molecule has 97 heavy (non-hydrogen) atoms. The molecule has 0 spiro atoms. The zero-order valence-corrected chi connectivity index (χ0v) is 63.1. The van der Waals surface area contributed by atoms with E-state index in [9.17, 15) is 19.5 Å². The van der Waals surface area contributed by atoms with Crippen molar-refractivity contribution in [1.29, 1.82) is 0 Å². The number of likely N-dealkylation sites (N-methyl/N-ethyl adjacent to an activating group) is 1. The number of carboxylic acid groups (broad SMARTS) is 1. The number of allylic oxidation sites excluding steroid dienone is 26. The van der Waals surface area contributed by atoms with Crippen LogP contribution in [0.4, 0.5) is 0 Å². The summed E-state index contributed by atoms with van der Waals surface area (Å²) in [6.07, 6.45) is 111. The lowest BCUT2D eigenvalue weighted by atomic mass is 10.0. The largest absolute Gasteiger partial charge is 0.545 e. The first-order valence-corrected chi connectivity index (χ1v) is 39.6. The van der Waals surface area contributed by atoms with Crippen LogP contribution in [0.2, 0.25) is 0 Å². The molecular formula is C88H147NO8. The molecule has 2 atom stereocenters. The zero-order chi connectivity index (χ0) is 70.4. The molecule has 0 amide bonds. The molecule has 0 bridgehead atoms. The molecule has 0 aromatic carbocycles. The second kappa shape index (κ2) is 76.7. The minimum Gasteiger partial charge on any atom is -0.545 e. The van der Waals surface area contributed by atoms with Crippen LogP contribution in [-0.4, -0.2) is 82.3 Å². The van der Waals surface area contributed by atoms with Crippen molar-refractivity contribution in [2.75, 3.05) is 47.5 Å². The molecule has 0 aromatic rings. The zero-order valence-electron chi connectivity index (χ0n) is 63.1. The highest BCUT2D eigenvalue weighted by Gasteiger charge is 2.22. The average Bonchev–Trinajstić information content (AvgIpc) is 3.27. The van der Waals surface area contributed by atoms with E-state index in [0.717, 1.165) is 122 Å². The third kappa shape index (κ3) is 78.1. The lowest BCUT2D eigenvalue weighted by molar-refractivity contribution is -0.870. The van der Waals surface area contributed by atoms with Crippen molar-refractivity contribution in [3.05, 3.63) is 158 Å². The minimum atomic E-state index is -1.63. The summed E-state index contributed by atoms with van der Waals surface area (Å²) in [5.74, 6) is -2.28. The molecule has 0 N–H and O–H groups in total. The summed E-state index contributed by atoms with van der Waals surface area (Å²) in [6.45, 7) is 4.54. The van der Waals surface area contributed by atoms with Gasteiger partial charge >= 0.3 is 11.9 Å². The minimum absolute atomic E-state index is 0.143. The summed E-state index contributed by atoms with van der Waals surface area (Å²) in [5, 5.41) is 11.9. The number of unbranched alkanes of at least 4 members (excludes halogenated alkanes) is 31. The van der Waals surface area contributed by atoms with Crippen LogP contribution >= 0.6 is 0 Å². The summed E-state index contributed by atoms with van der Waals surface area (Å²) >= 11 is 0. The van der Waals surface area contributed by atoms with Gasteiger partial charge in [0, 0.05) is 12.8 Å². The number of hydrogen-bond acceptors (Lipinski definition) is 8. The van der Waals surface area contributed by atoms with Gasteiger partial charge in [-0.25, -0.2) is 0 Å². The molecule has 9 heteroatoms. The Labute approximate surface area is 597 Å². The Balaban J connectivity index is 4.05. The standard InChI is InChI=1S/C88H147NO8/c1-6-8-10-12-14-16-18-20-22-24-26-28-30-32-34-36-38-39-40-41-42-43-44-45-46-47-49-51-53-55-57-59-61-63-65-67-69-71-73-75-77-79-86(91)97-84(83-96-88(87(92)93)94-81-80-89(3,4)5)82-95-85(90)78-76-74-72-70-68-66-64-62-60-58-56-54-52-50-48-37-35-33-31-29-27-25-23-21-19-17-15-13-11-9-7-2/h8-11,14-17,20-23,26-29,32-35,38-39,41-42,44-45,84,88H,6-7,12-13,18-19,24-25,30-31,36-37,40,43,46-83H2,1-5H3/b10-8-,11-9-,16-14-,17-15-,22-20-,23-21-,28-26-,29-27-,34-32-,35-33-,39-38-,42-41-,45-44-. The number of carboxylic acids is 1. The van der Waals surface area contributed by atoms with Crippen molar-refractivity contribution in [3.63, 3.8) is 0 Å². The number of rotatable bonds is 72. The van der Waals surface area contributed by atoms with Crippen molar-refractivity contribution in [3.8, 4) is 0 Å². The maximum absolute atomic E-state index is 13.0. The summed E-state index contributed by atoms with van der Waals surface area (Å²) in [7, 11) is 5.94. The fourth-order valence-electron chi connectivity index (χ4n) is 10.8. The second-order valence-electron chi connectivity index (χ2n) is 27.2. The number of aliphatic carboxylic acids is 1. The number of carbonyl (C=O) groups is 3. The maximum Gasteiger partial charge on any atom is 0.306 e. The first kappa shape index (κ1) is 91.9. The Morgan fingerprint density at radius 1 is 0.309 bits per heavy atom. The fraction of sp³-hybridized carbons (Fsp3) is 0.670. The van der Waals surface area contributed by atoms with Crippen molar-refractivity contribution in [1.82, 2.24) is 0 Å². The van der Waals surface area contributed by atoms with E-state index >= 15 is 0 Å². The Hall–Kier alpha value is -5.09. The Morgan fingerprint density at radius 2 is 0.557 bits per heavy atom. The molecule has 0 aromatic heterocycles. The average molecular weight is 1350 g/mol. The quantitative estimate of drug-likeness (QED) is 0.0195. The van der Waals surface area contributed by atoms with E-state index in [1.807, 2.05) is 21.1 Å². The van der Waals surface area contributed by atoms with Crippen LogP contribution in [0.1, 0.15) is 322 Å². The van der Waals surface area contributed by atoms with Gasteiger partial charge in [0.1, 0.15) is 13.2 Å². The fourth-order valence-corrected chi connectivity index (χ4v) is 10.8. The van der Waals surface area contributed by atoms with Crippen LogP contribution in [0.15, 0.2) is 158 Å². The predicted octanol–water partition coefficient (Wildman–Crippen LogP) is 24.3. The highest BCUT2D eigenvalue weighted by molar-refractivity contribution is 5.70. The third-order valence-corrected chi connectivity index (χ3v) is 16.8. The second-order valence-corrected chi connectivity index (χ2v) is 27.2. The van der Waals surface area contributed by atoms with Crippen LogP contribution in [0.25, 0.3) is 0 Å². The molecular weight excluding hydrogens is 1200 g/mol. The van der Waals surface area contributed by atoms with E-state index in [0.29, 0.717) is 17.4 Å². The van der Waals surface area contributed by atoms with Gasteiger partial charge in [0.2, 0.25) is 0 Å². The van der Waals surface area contributed by atoms with E-state index in [1.54, 1.807) is 0 Å². The van der Waals surface area contributed by atoms with Gasteiger partial charge in [-0.3, -0.25) is 9.59 Å². The van der Waals surface area contributed by atoms with Gasteiger partial charge in [-0.1, -0.05) is 345 Å². The molecule has 0 radical (unpaired) electrons. The van der Waals surface area contributed by atoms with Crippen LogP contribution < -0.4 is 5.11 Å². The van der Waals surface area contributed by atoms with Crippen molar-refractivity contribution >= 4 is 17.9 Å². The number of hydrogen-bond donors (Lipinski definition) is 0. The van der Waals surface area contributed by atoms with Crippen molar-refractivity contribution < 1.29 is 42.9 Å². The number of quaternary nitrogens is 1. The highest BCUT2D eigenvalue weighted by atomic mass is 16.7. The van der Waals surface area contributed by atoms with Crippen molar-refractivity contribution in [2.45, 2.75) is 334 Å². The predicted molar refractivity (Wildman–Crippen MR) is 416 cm³/mol. The molecule has 9 nitrogen and oxygen atoms in total. The topological polar surface area (TPSA) is 111 Å². The number of carbonyl (C=O) groups excluding carboxylic acids is 3. The summed E-state index contributed by atoms with van der Waals surface area (Å²) in [6, 6.07) is 0. The Bertz CT molecular complexity index is 2160. The first-order chi connectivity index (χ1) is 47.6. The third-order valence-electron chi connectivity index (χ3n) is 16.8. The summed E-state index contributed by atoms with van der Waals surface area (Å²) < 4.78 is 22.9. The molecule has 0 aliphatic heterocycles. The van der Waals surface area contributed by atoms with Crippen molar-refractivity contribution in [2.24, 2.45) is 0 Å². The molecule has 0 saturated heterocycles. The van der Waals surface area contributed by atoms with Gasteiger partial charge in [0.25, 0.3) is 0 Å². The molecule has 0 fully saturated rings. The lowest BCUT2D eigenvalue weighted by Gasteiger charge is -2.26. The van der Waals surface area contributed by atoms with E-state index in [-0.39, 0.29) is 38.6 Å². The summed E-state index contributed by atoms with van der Waals surface area (Å²) in [4.78, 5) is 37.6. The molecule has 552 valence electrons. The van der Waals surface area contributed by atoms with E-state index in [1.165, 1.54) is 167 Å². The number of ether oxygens (including phenoxy) is 4. The normalized spacial score (nSPS) is 13.5. The van der Waals surface area contributed by atoms with E-state index in [2.05, 4.69) is 172 Å². The van der Waals surface area contributed by atoms with Gasteiger partial charge in [-0.15, -0.1) is 0 Å². The SMILES string of the molecule is CC/C=C\C/C=C\C/C=C\C/C=C\C/C=C\C/C=C\C/C=C\C/C=C\CCCCCCCCCCCCCCCCCCC(=O)OC(COC(=O)CCCCCCCCCCCCCCCCC/C=C\C/C=C\C/C=C\C/C=C\C/C=C\CC)COC(OCC[N+](C)(C)C)C(=O)[O-]. The van der Waals surface area contributed by atoms with Crippen LogP contribution in [0.5, 0.6) is 0 Å². The van der Waals surface area contributed by atoms with E-state index in [4.69, 9.17) is 18.9 Å². The number of nitrogens with zero attached hydrogens (tertiary/aromatic N) is 1. The van der Waals surface area contributed by atoms with Crippen LogP contribution in [0.3, 0.4) is 0 Å². The highest BCUT2D eigenvalue weighted by Crippen LogP contribution is 2.18. The molecule has 2 unspecified atom stereocenters. The number of esters is 2. The molecule has 0 heterocycles. The van der Waals surface area contributed by atoms with Crippen LogP contribution in [0, 0.1) is 0 Å². The monoisotopic (exact) mass is 1350 g/mol. The van der Waals surface area contributed by atoms with Gasteiger partial charge in [-0.2, -0.15) is 0 Å². The van der Waals surface area contributed by atoms with Gasteiger partial charge < -0.3 is 33.3 Å². The first-order valence-electron chi connectivity index (χ1n) is 39.6. The Morgan fingerprint density at radius 3 is 0.825 bits per heavy atom. The van der Waals surface area contributed by atoms with Gasteiger partial charge in [-0.05, 0) is 122 Å².